The Kier molecular flexibility index (Phi) is 5.40. The van der Waals surface area contributed by atoms with Crippen LogP contribution in [-0.2, 0) is 4.79 Å². The lowest BCUT2D eigenvalue weighted by Crippen LogP contribution is -2.69. The molecule has 0 heterocycles. The minimum atomic E-state index is -1.06. The number of hydrogen-bond donors (Lipinski definition) is 4. The van der Waals surface area contributed by atoms with Crippen LogP contribution in [0.4, 0.5) is 0 Å². The minimum Gasteiger partial charge on any atom is -0.481 e. The highest BCUT2D eigenvalue weighted by Crippen LogP contribution is 2.76. The summed E-state index contributed by atoms with van der Waals surface area (Å²) in [6.45, 7) is 15.3. The molecule has 11 atom stereocenters. The van der Waals surface area contributed by atoms with Crippen LogP contribution in [-0.4, -0.2) is 44.2 Å². The first-order valence-electron chi connectivity index (χ1n) is 14.0. The van der Waals surface area contributed by atoms with Crippen molar-refractivity contribution in [2.45, 2.75) is 118 Å². The highest BCUT2D eigenvalue weighted by molar-refractivity contribution is 5.77. The third-order valence-corrected chi connectivity index (χ3v) is 13.6. The highest BCUT2D eigenvalue weighted by Gasteiger charge is 2.72. The molecule has 0 radical (unpaired) electrons. The summed E-state index contributed by atoms with van der Waals surface area (Å²) in [4.78, 5) is 12.8. The zero-order chi connectivity index (χ0) is 26.0. The molecule has 198 valence electrons. The van der Waals surface area contributed by atoms with Crippen molar-refractivity contribution in [3.05, 3.63) is 11.6 Å². The van der Waals surface area contributed by atoms with Gasteiger partial charge < -0.3 is 20.4 Å². The summed E-state index contributed by atoms with van der Waals surface area (Å²) in [5, 5.41) is 44.8. The van der Waals surface area contributed by atoms with E-state index in [-0.39, 0.29) is 45.3 Å². The topological polar surface area (TPSA) is 98.0 Å². The predicted molar refractivity (Wildman–Crippen MR) is 135 cm³/mol. The number of carboxylic acids is 1. The SMILES string of the molecule is C[C@@H]1CC[C@]2(C(=O)O)CC[C@]3(C)C(=CCC4[C@]5(C)C(CC[C@]43C)C(C)(C)[C@H](O)C[C@@H]5O)C2[C@]1(C)O. The normalized spacial score (nSPS) is 57.1. The molecule has 4 fully saturated rings. The molecule has 0 amide bonds. The van der Waals surface area contributed by atoms with Crippen LogP contribution in [0.1, 0.15) is 99.8 Å². The average Bonchev–Trinajstić information content (AvgIpc) is 2.75. The smallest absolute Gasteiger partial charge is 0.310 e. The predicted octanol–water partition coefficient (Wildman–Crippen LogP) is 5.18. The second-order valence-corrected chi connectivity index (χ2v) is 14.8. The number of aliphatic carboxylic acids is 1. The van der Waals surface area contributed by atoms with Gasteiger partial charge in [-0.2, -0.15) is 0 Å². The van der Waals surface area contributed by atoms with Gasteiger partial charge in [0, 0.05) is 17.8 Å². The van der Waals surface area contributed by atoms with Crippen molar-refractivity contribution in [3.63, 3.8) is 0 Å². The second kappa shape index (κ2) is 7.35. The maximum absolute atomic E-state index is 12.8. The van der Waals surface area contributed by atoms with E-state index in [0.29, 0.717) is 19.3 Å². The standard InChI is InChI=1S/C30H48O5/c1-17-10-13-30(24(33)34)15-14-26(4)18(23(30)29(17,7)35)8-9-20-27(26,5)12-11-19-25(2,3)21(31)16-22(32)28(19,20)6/h8,17,19-23,31-32,35H,9-16H2,1-7H3,(H,33,34)/t17-,19?,20?,21-,22+,23?,26-,27-,28+,29-,30+/m1/s1. The van der Waals surface area contributed by atoms with Crippen LogP contribution in [0.3, 0.4) is 0 Å². The first-order chi connectivity index (χ1) is 16.0. The Morgan fingerprint density at radius 3 is 2.20 bits per heavy atom. The Hall–Kier alpha value is -0.910. The number of aliphatic hydroxyl groups is 3. The number of carboxylic acid groups (broad SMARTS) is 1. The molecule has 0 spiro atoms. The molecular formula is C30H48O5. The molecular weight excluding hydrogens is 440 g/mol. The van der Waals surface area contributed by atoms with E-state index in [0.717, 1.165) is 32.1 Å². The van der Waals surface area contributed by atoms with Crippen molar-refractivity contribution in [3.8, 4) is 0 Å². The van der Waals surface area contributed by atoms with Crippen LogP contribution in [0.15, 0.2) is 11.6 Å². The summed E-state index contributed by atoms with van der Waals surface area (Å²) < 4.78 is 0. The van der Waals surface area contributed by atoms with Gasteiger partial charge in [-0.3, -0.25) is 4.79 Å². The van der Waals surface area contributed by atoms with Gasteiger partial charge in [-0.25, -0.2) is 0 Å². The Labute approximate surface area is 211 Å². The van der Waals surface area contributed by atoms with Crippen molar-refractivity contribution < 1.29 is 25.2 Å². The number of rotatable bonds is 1. The summed E-state index contributed by atoms with van der Waals surface area (Å²) in [7, 11) is 0. The number of hydrogen-bond acceptors (Lipinski definition) is 4. The van der Waals surface area contributed by atoms with Crippen LogP contribution in [0.2, 0.25) is 0 Å². The molecule has 35 heavy (non-hydrogen) atoms. The van der Waals surface area contributed by atoms with Gasteiger partial charge in [0.2, 0.25) is 0 Å². The second-order valence-electron chi connectivity index (χ2n) is 14.8. The molecule has 5 rings (SSSR count). The Morgan fingerprint density at radius 1 is 0.914 bits per heavy atom. The lowest BCUT2D eigenvalue weighted by Gasteiger charge is -2.72. The fourth-order valence-corrected chi connectivity index (χ4v) is 10.8. The molecule has 0 bridgehead atoms. The van der Waals surface area contributed by atoms with Gasteiger partial charge in [0.1, 0.15) is 0 Å². The summed E-state index contributed by atoms with van der Waals surface area (Å²) in [6, 6.07) is 0. The lowest BCUT2D eigenvalue weighted by atomic mass is 9.32. The molecule has 0 saturated heterocycles. The molecule has 3 unspecified atom stereocenters. The van der Waals surface area contributed by atoms with E-state index >= 15 is 0 Å². The quantitative estimate of drug-likeness (QED) is 0.382. The Bertz CT molecular complexity index is 952. The van der Waals surface area contributed by atoms with Crippen LogP contribution < -0.4 is 0 Å². The molecule has 0 aromatic heterocycles. The summed E-state index contributed by atoms with van der Waals surface area (Å²) in [5.74, 6) is -0.617. The Balaban J connectivity index is 1.66. The molecule has 5 nitrogen and oxygen atoms in total. The largest absolute Gasteiger partial charge is 0.481 e. The number of fused-ring (bicyclic) bond motifs is 7. The first-order valence-corrected chi connectivity index (χ1v) is 14.0. The molecule has 0 aromatic rings. The van der Waals surface area contributed by atoms with Crippen molar-refractivity contribution >= 4 is 5.97 Å². The zero-order valence-electron chi connectivity index (χ0n) is 22.9. The van der Waals surface area contributed by atoms with E-state index in [2.05, 4.69) is 47.6 Å². The van der Waals surface area contributed by atoms with Crippen LogP contribution in [0.5, 0.6) is 0 Å². The van der Waals surface area contributed by atoms with Gasteiger partial charge in [-0.05, 0) is 85.9 Å². The Morgan fingerprint density at radius 2 is 1.57 bits per heavy atom. The molecule has 0 aliphatic heterocycles. The third-order valence-electron chi connectivity index (χ3n) is 13.6. The van der Waals surface area contributed by atoms with Gasteiger partial charge in [0.15, 0.2) is 0 Å². The fourth-order valence-electron chi connectivity index (χ4n) is 10.8. The van der Waals surface area contributed by atoms with Gasteiger partial charge in [0.25, 0.3) is 0 Å². The van der Waals surface area contributed by atoms with E-state index in [1.165, 1.54) is 5.57 Å². The van der Waals surface area contributed by atoms with Gasteiger partial charge >= 0.3 is 5.97 Å². The first kappa shape index (κ1) is 25.7. The molecule has 4 saturated carbocycles. The van der Waals surface area contributed by atoms with E-state index in [1.54, 1.807) is 0 Å². The molecule has 5 aliphatic carbocycles. The lowest BCUT2D eigenvalue weighted by molar-refractivity contribution is -0.248. The van der Waals surface area contributed by atoms with E-state index in [1.807, 2.05) is 6.92 Å². The third kappa shape index (κ3) is 2.84. The van der Waals surface area contributed by atoms with Gasteiger partial charge in [0.05, 0.1) is 23.2 Å². The van der Waals surface area contributed by atoms with E-state index in [9.17, 15) is 25.2 Å². The monoisotopic (exact) mass is 488 g/mol. The molecule has 0 aromatic carbocycles. The van der Waals surface area contributed by atoms with Crippen molar-refractivity contribution in [2.24, 2.45) is 50.7 Å². The van der Waals surface area contributed by atoms with Crippen molar-refractivity contribution in [1.29, 1.82) is 0 Å². The van der Waals surface area contributed by atoms with Crippen LogP contribution in [0, 0.1) is 50.7 Å². The zero-order valence-corrected chi connectivity index (χ0v) is 22.9. The van der Waals surface area contributed by atoms with Crippen molar-refractivity contribution in [2.75, 3.05) is 0 Å². The van der Waals surface area contributed by atoms with E-state index in [4.69, 9.17) is 0 Å². The fraction of sp³-hybridized carbons (Fsp3) is 0.900. The summed E-state index contributed by atoms with van der Waals surface area (Å²) in [6.07, 6.45) is 7.18. The van der Waals surface area contributed by atoms with Gasteiger partial charge in [-0.1, -0.05) is 53.2 Å². The van der Waals surface area contributed by atoms with Gasteiger partial charge in [-0.15, -0.1) is 0 Å². The maximum Gasteiger partial charge on any atom is 0.310 e. The van der Waals surface area contributed by atoms with Crippen molar-refractivity contribution in [1.82, 2.24) is 0 Å². The molecule has 5 aliphatic rings. The molecule has 4 N–H and O–H groups in total. The summed E-state index contributed by atoms with van der Waals surface area (Å²) >= 11 is 0. The number of carbonyl (C=O) groups is 1. The number of allylic oxidation sites excluding steroid dienone is 1. The van der Waals surface area contributed by atoms with Crippen LogP contribution >= 0.6 is 0 Å². The number of aliphatic hydroxyl groups excluding tert-OH is 2. The van der Waals surface area contributed by atoms with Crippen LogP contribution in [0.25, 0.3) is 0 Å². The highest BCUT2D eigenvalue weighted by atomic mass is 16.4. The summed E-state index contributed by atoms with van der Waals surface area (Å²) in [5.41, 5.74) is -1.70. The maximum atomic E-state index is 12.8. The molecule has 5 heteroatoms. The average molecular weight is 489 g/mol. The minimum absolute atomic E-state index is 0.0458. The van der Waals surface area contributed by atoms with E-state index < -0.39 is 29.2 Å².